The summed E-state index contributed by atoms with van der Waals surface area (Å²) >= 11 is 0. The van der Waals surface area contributed by atoms with Gasteiger partial charge in [0.2, 0.25) is 0 Å². The minimum atomic E-state index is -0.923. The lowest BCUT2D eigenvalue weighted by atomic mass is 10.1. The molecular formula is C22H23F2N5O3. The predicted molar refractivity (Wildman–Crippen MR) is 115 cm³/mol. The third kappa shape index (κ3) is 3.70. The molecule has 168 valence electrons. The van der Waals surface area contributed by atoms with E-state index in [1.54, 1.807) is 13.3 Å². The van der Waals surface area contributed by atoms with E-state index in [2.05, 4.69) is 27.2 Å². The molecular weight excluding hydrogens is 420 g/mol. The first-order valence-corrected chi connectivity index (χ1v) is 9.97. The molecule has 0 bridgehead atoms. The number of nitrogen functional groups attached to an aromatic ring is 1. The van der Waals surface area contributed by atoms with E-state index in [1.165, 1.54) is 14.2 Å². The first-order chi connectivity index (χ1) is 15.5. The second-order valence-corrected chi connectivity index (χ2v) is 7.30. The molecule has 1 aliphatic rings. The van der Waals surface area contributed by atoms with Crippen LogP contribution in [0.2, 0.25) is 0 Å². The number of hydrogen-bond acceptors (Lipinski definition) is 7. The highest BCUT2D eigenvalue weighted by molar-refractivity contribution is 5.95. The average Bonchev–Trinajstić information content (AvgIpc) is 3.44. The fraction of sp³-hybridized carbons (Fsp3) is 0.364. The maximum Gasteiger partial charge on any atom is 0.183 e. The van der Waals surface area contributed by atoms with Gasteiger partial charge < -0.3 is 25.3 Å². The molecule has 1 aromatic carbocycles. The SMILES string of the molecule is COCc1cnc(N)c2c(C#Cc3c(F)c(OC)cc(OC)c3F)nn(C3CCNC3)c12. The highest BCUT2D eigenvalue weighted by Gasteiger charge is 2.25. The Hall–Kier alpha value is -3.42. The number of methoxy groups -OCH3 is 3. The van der Waals surface area contributed by atoms with Crippen molar-refractivity contribution >= 4 is 16.7 Å². The van der Waals surface area contributed by atoms with Crippen molar-refractivity contribution in [1.82, 2.24) is 20.1 Å². The van der Waals surface area contributed by atoms with E-state index in [0.29, 0.717) is 12.0 Å². The lowest BCUT2D eigenvalue weighted by Gasteiger charge is -2.13. The van der Waals surface area contributed by atoms with Gasteiger partial charge in [0.15, 0.2) is 23.1 Å². The predicted octanol–water partition coefficient (Wildman–Crippen LogP) is 2.39. The number of aromatic nitrogens is 3. The van der Waals surface area contributed by atoms with E-state index >= 15 is 0 Å². The van der Waals surface area contributed by atoms with Crippen LogP contribution in [-0.4, -0.2) is 49.2 Å². The molecule has 3 aromatic rings. The summed E-state index contributed by atoms with van der Waals surface area (Å²) < 4.78 is 46.6. The number of fused-ring (bicyclic) bond motifs is 1. The van der Waals surface area contributed by atoms with Gasteiger partial charge in [-0.25, -0.2) is 13.8 Å². The Kier molecular flexibility index (Phi) is 6.12. The normalized spacial score (nSPS) is 15.6. The first-order valence-electron chi connectivity index (χ1n) is 9.97. The van der Waals surface area contributed by atoms with E-state index in [-0.39, 0.29) is 29.1 Å². The van der Waals surface area contributed by atoms with E-state index in [4.69, 9.17) is 19.9 Å². The number of anilines is 1. The van der Waals surface area contributed by atoms with Crippen molar-refractivity contribution in [1.29, 1.82) is 0 Å². The van der Waals surface area contributed by atoms with E-state index in [0.717, 1.165) is 36.7 Å². The van der Waals surface area contributed by atoms with Gasteiger partial charge in [-0.15, -0.1) is 0 Å². The number of nitrogens with two attached hydrogens (primary N) is 1. The van der Waals surface area contributed by atoms with Crippen molar-refractivity contribution in [2.24, 2.45) is 0 Å². The van der Waals surface area contributed by atoms with Crippen LogP contribution in [0.1, 0.15) is 29.3 Å². The second-order valence-electron chi connectivity index (χ2n) is 7.30. The Morgan fingerprint density at radius 1 is 1.19 bits per heavy atom. The lowest BCUT2D eigenvalue weighted by molar-refractivity contribution is 0.185. The van der Waals surface area contributed by atoms with Gasteiger partial charge in [0.1, 0.15) is 17.1 Å². The summed E-state index contributed by atoms with van der Waals surface area (Å²) in [4.78, 5) is 4.24. The maximum atomic E-state index is 14.8. The third-order valence-corrected chi connectivity index (χ3v) is 5.39. The van der Waals surface area contributed by atoms with E-state index < -0.39 is 17.2 Å². The number of halogens is 2. The van der Waals surface area contributed by atoms with Gasteiger partial charge in [-0.2, -0.15) is 5.10 Å². The molecule has 0 radical (unpaired) electrons. The highest BCUT2D eigenvalue weighted by Crippen LogP contribution is 2.32. The number of hydrogen-bond donors (Lipinski definition) is 2. The zero-order chi connectivity index (χ0) is 22.8. The molecule has 4 rings (SSSR count). The topological polar surface area (TPSA) is 96.5 Å². The quantitative estimate of drug-likeness (QED) is 0.585. The van der Waals surface area contributed by atoms with Crippen molar-refractivity contribution in [3.63, 3.8) is 0 Å². The van der Waals surface area contributed by atoms with Crippen LogP contribution in [0.5, 0.6) is 11.5 Å². The summed E-state index contributed by atoms with van der Waals surface area (Å²) in [5.41, 5.74) is 7.52. The van der Waals surface area contributed by atoms with Crippen molar-refractivity contribution in [2.45, 2.75) is 19.1 Å². The summed E-state index contributed by atoms with van der Waals surface area (Å²) in [6.07, 6.45) is 2.51. The molecule has 0 aliphatic carbocycles. The lowest BCUT2D eigenvalue weighted by Crippen LogP contribution is -2.15. The summed E-state index contributed by atoms with van der Waals surface area (Å²) in [5, 5.41) is 8.48. The molecule has 2 aromatic heterocycles. The van der Waals surface area contributed by atoms with E-state index in [1.807, 2.05) is 4.68 Å². The number of benzene rings is 1. The van der Waals surface area contributed by atoms with Gasteiger partial charge in [0.05, 0.1) is 37.8 Å². The van der Waals surface area contributed by atoms with Gasteiger partial charge in [-0.1, -0.05) is 5.92 Å². The number of rotatable bonds is 5. The monoisotopic (exact) mass is 443 g/mol. The summed E-state index contributed by atoms with van der Waals surface area (Å²) in [6.45, 7) is 1.89. The second kappa shape index (κ2) is 8.98. The molecule has 32 heavy (non-hydrogen) atoms. The average molecular weight is 443 g/mol. The molecule has 1 fully saturated rings. The first kappa shape index (κ1) is 21.8. The molecule has 1 atom stereocenters. The Labute approximate surface area is 183 Å². The number of nitrogens with zero attached hydrogens (tertiary/aromatic N) is 3. The molecule has 0 amide bonds. The Morgan fingerprint density at radius 2 is 1.91 bits per heavy atom. The van der Waals surface area contributed by atoms with Crippen LogP contribution >= 0.6 is 0 Å². The van der Waals surface area contributed by atoms with Crippen LogP contribution in [0.4, 0.5) is 14.6 Å². The molecule has 3 heterocycles. The number of nitrogens with one attached hydrogen (secondary N) is 1. The van der Waals surface area contributed by atoms with Crippen molar-refractivity contribution in [3.8, 4) is 23.3 Å². The smallest absolute Gasteiger partial charge is 0.183 e. The summed E-state index contributed by atoms with van der Waals surface area (Å²) in [5.74, 6) is 3.37. The van der Waals surface area contributed by atoms with Crippen molar-refractivity contribution < 1.29 is 23.0 Å². The molecule has 10 heteroatoms. The minimum Gasteiger partial charge on any atom is -0.493 e. The van der Waals surface area contributed by atoms with E-state index in [9.17, 15) is 8.78 Å². The number of pyridine rings is 1. The van der Waals surface area contributed by atoms with Gasteiger partial charge in [0, 0.05) is 31.5 Å². The molecule has 8 nitrogen and oxygen atoms in total. The highest BCUT2D eigenvalue weighted by atomic mass is 19.1. The largest absolute Gasteiger partial charge is 0.493 e. The van der Waals surface area contributed by atoms with Gasteiger partial charge in [0.25, 0.3) is 0 Å². The minimum absolute atomic E-state index is 0.0795. The van der Waals surface area contributed by atoms with Crippen LogP contribution in [-0.2, 0) is 11.3 Å². The van der Waals surface area contributed by atoms with Crippen LogP contribution in [0, 0.1) is 23.5 Å². The molecule has 1 aliphatic heterocycles. The summed E-state index contributed by atoms with van der Waals surface area (Å²) in [6, 6.07) is 1.21. The van der Waals surface area contributed by atoms with Crippen molar-refractivity contribution in [2.75, 3.05) is 40.2 Å². The molecule has 1 unspecified atom stereocenters. The Morgan fingerprint density at radius 3 is 2.50 bits per heavy atom. The molecule has 0 saturated carbocycles. The fourth-order valence-electron chi connectivity index (χ4n) is 3.84. The molecule has 1 saturated heterocycles. The van der Waals surface area contributed by atoms with Gasteiger partial charge >= 0.3 is 0 Å². The Bertz CT molecular complexity index is 1200. The van der Waals surface area contributed by atoms with Gasteiger partial charge in [-0.3, -0.25) is 4.68 Å². The van der Waals surface area contributed by atoms with Gasteiger partial charge in [-0.05, 0) is 18.9 Å². The maximum absolute atomic E-state index is 14.8. The van der Waals surface area contributed by atoms with Crippen molar-refractivity contribution in [3.05, 3.63) is 40.7 Å². The Balaban J connectivity index is 1.93. The van der Waals surface area contributed by atoms with Crippen LogP contribution < -0.4 is 20.5 Å². The molecule has 0 spiro atoms. The third-order valence-electron chi connectivity index (χ3n) is 5.39. The zero-order valence-corrected chi connectivity index (χ0v) is 18.0. The summed E-state index contributed by atoms with van der Waals surface area (Å²) in [7, 11) is 4.14. The fourth-order valence-corrected chi connectivity index (χ4v) is 3.84. The number of ether oxygens (including phenoxy) is 3. The van der Waals surface area contributed by atoms with Crippen LogP contribution in [0.25, 0.3) is 10.9 Å². The molecule has 3 N–H and O–H groups in total. The van der Waals surface area contributed by atoms with Crippen LogP contribution in [0.3, 0.4) is 0 Å². The van der Waals surface area contributed by atoms with Crippen LogP contribution in [0.15, 0.2) is 12.3 Å². The standard InChI is InChI=1S/C22H23F2N5O3/c1-30-11-12-9-27-22(25)18-15(28-29(21(12)18)13-6-7-26-10-13)5-4-14-19(23)16(31-2)8-17(32-3)20(14)24/h8-9,13,26H,6-7,10-11H2,1-3H3,(H2,25,27). The zero-order valence-electron chi connectivity index (χ0n) is 18.0.